The predicted molar refractivity (Wildman–Crippen MR) is 141 cm³/mol. The average molecular weight is 497 g/mol. The number of amides is 1. The Morgan fingerprint density at radius 2 is 1.73 bits per heavy atom. The number of Topliss-reactive ketones (excluding diaryl/α,β-unsaturated/α-hetero) is 1. The second-order valence-corrected chi connectivity index (χ2v) is 9.00. The van der Waals surface area contributed by atoms with E-state index in [1.54, 1.807) is 31.3 Å². The third kappa shape index (κ3) is 4.68. The highest BCUT2D eigenvalue weighted by Gasteiger charge is 2.43. The minimum atomic E-state index is -0.724. The van der Waals surface area contributed by atoms with Crippen molar-refractivity contribution in [2.24, 2.45) is 0 Å². The number of aliphatic hydroxyl groups is 1. The number of fused-ring (bicyclic) bond motifs is 1. The molecule has 0 unspecified atom stereocenters. The first-order valence-electron chi connectivity index (χ1n) is 12.1. The van der Waals surface area contributed by atoms with Gasteiger partial charge in [-0.15, -0.1) is 0 Å². The fraction of sp³-hybridized carbons (Fsp3) is 0.200. The van der Waals surface area contributed by atoms with Crippen molar-refractivity contribution >= 4 is 22.6 Å². The summed E-state index contributed by atoms with van der Waals surface area (Å²) in [6.45, 7) is 0.303. The molecule has 7 heteroatoms. The highest BCUT2D eigenvalue weighted by molar-refractivity contribution is 6.09. The maximum Gasteiger partial charge on any atom is 0.290 e. The van der Waals surface area contributed by atoms with Crippen LogP contribution in [0, 0.1) is 0 Å². The molecule has 37 heavy (non-hydrogen) atoms. The van der Waals surface area contributed by atoms with E-state index in [4.69, 9.17) is 9.47 Å². The number of methoxy groups -OCH3 is 2. The van der Waals surface area contributed by atoms with E-state index >= 15 is 0 Å². The summed E-state index contributed by atoms with van der Waals surface area (Å²) in [4.78, 5) is 31.7. The Morgan fingerprint density at radius 3 is 2.49 bits per heavy atom. The fourth-order valence-electron chi connectivity index (χ4n) is 4.94. The van der Waals surface area contributed by atoms with Crippen molar-refractivity contribution in [1.82, 2.24) is 9.88 Å². The minimum Gasteiger partial charge on any atom is -0.503 e. The van der Waals surface area contributed by atoms with Gasteiger partial charge in [0.25, 0.3) is 5.91 Å². The van der Waals surface area contributed by atoms with Crippen LogP contribution in [0.1, 0.15) is 22.7 Å². The lowest BCUT2D eigenvalue weighted by Gasteiger charge is -2.27. The third-order valence-electron chi connectivity index (χ3n) is 6.82. The molecule has 0 saturated heterocycles. The molecule has 0 spiro atoms. The van der Waals surface area contributed by atoms with Crippen LogP contribution >= 0.6 is 0 Å². The van der Waals surface area contributed by atoms with Gasteiger partial charge in [0.2, 0.25) is 0 Å². The number of aromatic nitrogens is 1. The van der Waals surface area contributed by atoms with Gasteiger partial charge in [0, 0.05) is 30.1 Å². The summed E-state index contributed by atoms with van der Waals surface area (Å²) in [6.07, 6.45) is 2.52. The van der Waals surface area contributed by atoms with Crippen LogP contribution in [0.25, 0.3) is 10.9 Å². The maximum atomic E-state index is 13.5. The lowest BCUT2D eigenvalue weighted by atomic mass is 9.93. The zero-order chi connectivity index (χ0) is 25.9. The van der Waals surface area contributed by atoms with Crippen LogP contribution in [-0.4, -0.2) is 47.4 Å². The van der Waals surface area contributed by atoms with Crippen LogP contribution in [0.5, 0.6) is 11.5 Å². The number of nitrogens with one attached hydrogen (secondary N) is 1. The van der Waals surface area contributed by atoms with E-state index in [1.807, 2.05) is 66.9 Å². The van der Waals surface area contributed by atoms with Crippen molar-refractivity contribution in [2.45, 2.75) is 18.9 Å². The molecule has 0 radical (unpaired) electrons. The molecule has 1 aromatic heterocycles. The molecule has 3 aromatic carbocycles. The van der Waals surface area contributed by atoms with Gasteiger partial charge in [0.1, 0.15) is 11.5 Å². The molecule has 1 aliphatic rings. The molecular weight excluding hydrogens is 468 g/mol. The highest BCUT2D eigenvalue weighted by Crippen LogP contribution is 2.39. The zero-order valence-electron chi connectivity index (χ0n) is 20.7. The van der Waals surface area contributed by atoms with E-state index in [0.29, 0.717) is 24.3 Å². The number of hydrogen-bond donors (Lipinski definition) is 2. The molecule has 0 aliphatic carbocycles. The topological polar surface area (TPSA) is 91.9 Å². The standard InChI is InChI=1S/C30H28N2O5/c1-36-22-10-6-9-20(16-22)28-27(26(33)15-19-7-4-3-5-8-19)29(34)30(35)32(28)14-13-21-18-31-25-12-11-23(37-2)17-24(21)25/h3-12,16-18,28,31,34H,13-15H2,1-2H3/t28-/m1/s1. The van der Waals surface area contributed by atoms with Crippen LogP contribution in [-0.2, 0) is 22.4 Å². The van der Waals surface area contributed by atoms with Crippen molar-refractivity contribution in [3.8, 4) is 11.5 Å². The molecule has 0 saturated carbocycles. The summed E-state index contributed by atoms with van der Waals surface area (Å²) < 4.78 is 10.8. The maximum absolute atomic E-state index is 13.5. The number of benzene rings is 3. The first kappa shape index (κ1) is 24.2. The summed E-state index contributed by atoms with van der Waals surface area (Å²) >= 11 is 0. The van der Waals surface area contributed by atoms with Crippen molar-refractivity contribution in [3.63, 3.8) is 0 Å². The molecule has 1 atom stereocenters. The summed E-state index contributed by atoms with van der Waals surface area (Å²) in [7, 11) is 3.19. The Hall–Kier alpha value is -4.52. The van der Waals surface area contributed by atoms with Gasteiger partial charge in [-0.25, -0.2) is 0 Å². The van der Waals surface area contributed by atoms with E-state index in [1.165, 1.54) is 0 Å². The molecule has 5 rings (SSSR count). The van der Waals surface area contributed by atoms with Crippen molar-refractivity contribution in [2.75, 3.05) is 20.8 Å². The largest absolute Gasteiger partial charge is 0.503 e. The Kier molecular flexibility index (Phi) is 6.68. The quantitative estimate of drug-likeness (QED) is 0.343. The number of ketones is 1. The Labute approximate surface area is 214 Å². The SMILES string of the molecule is COc1cccc([C@@H]2C(C(=O)Cc3ccccc3)=C(O)C(=O)N2CCc2c[nH]c3ccc(OC)cc23)c1. The number of carbonyl (C=O) groups excluding carboxylic acids is 2. The Balaban J connectivity index is 1.48. The number of H-pyrrole nitrogens is 1. The molecule has 4 aromatic rings. The lowest BCUT2D eigenvalue weighted by molar-refractivity contribution is -0.129. The van der Waals surface area contributed by atoms with Gasteiger partial charge < -0.3 is 24.5 Å². The van der Waals surface area contributed by atoms with Gasteiger partial charge in [-0.1, -0.05) is 42.5 Å². The molecule has 1 amide bonds. The van der Waals surface area contributed by atoms with Gasteiger partial charge in [-0.05, 0) is 53.4 Å². The second kappa shape index (κ2) is 10.2. The van der Waals surface area contributed by atoms with Crippen LogP contribution < -0.4 is 9.47 Å². The normalized spacial score (nSPS) is 15.5. The third-order valence-corrected chi connectivity index (χ3v) is 6.82. The number of carbonyl (C=O) groups is 2. The van der Waals surface area contributed by atoms with Crippen LogP contribution in [0.3, 0.4) is 0 Å². The van der Waals surface area contributed by atoms with Gasteiger partial charge >= 0.3 is 0 Å². The van der Waals surface area contributed by atoms with Crippen molar-refractivity contribution in [1.29, 1.82) is 0 Å². The highest BCUT2D eigenvalue weighted by atomic mass is 16.5. The van der Waals surface area contributed by atoms with Gasteiger partial charge in [-0.3, -0.25) is 9.59 Å². The lowest BCUT2D eigenvalue weighted by Crippen LogP contribution is -2.33. The van der Waals surface area contributed by atoms with Crippen LogP contribution in [0.2, 0.25) is 0 Å². The van der Waals surface area contributed by atoms with Crippen LogP contribution in [0.4, 0.5) is 0 Å². The van der Waals surface area contributed by atoms with E-state index in [-0.39, 0.29) is 17.8 Å². The molecular formula is C30H28N2O5. The summed E-state index contributed by atoms with van der Waals surface area (Å²) in [6, 6.07) is 21.7. The molecule has 2 N–H and O–H groups in total. The molecule has 1 aliphatic heterocycles. The first-order chi connectivity index (χ1) is 18.0. The van der Waals surface area contributed by atoms with E-state index in [0.717, 1.165) is 27.8 Å². The van der Waals surface area contributed by atoms with E-state index < -0.39 is 17.7 Å². The molecule has 188 valence electrons. The molecule has 0 bridgehead atoms. The molecule has 7 nitrogen and oxygen atoms in total. The number of hydrogen-bond acceptors (Lipinski definition) is 5. The van der Waals surface area contributed by atoms with Crippen molar-refractivity contribution in [3.05, 3.63) is 107 Å². The number of nitrogens with zero attached hydrogens (tertiary/aromatic N) is 1. The van der Waals surface area contributed by atoms with E-state index in [2.05, 4.69) is 4.98 Å². The van der Waals surface area contributed by atoms with Gasteiger partial charge in [-0.2, -0.15) is 0 Å². The smallest absolute Gasteiger partial charge is 0.290 e. The Bertz CT molecular complexity index is 1490. The average Bonchev–Trinajstić information content (AvgIpc) is 3.45. The molecule has 2 heterocycles. The second-order valence-electron chi connectivity index (χ2n) is 9.00. The number of rotatable bonds is 9. The number of aliphatic hydroxyl groups excluding tert-OH is 1. The molecule has 0 fully saturated rings. The van der Waals surface area contributed by atoms with Gasteiger partial charge in [0.05, 0.1) is 25.8 Å². The van der Waals surface area contributed by atoms with Gasteiger partial charge in [0.15, 0.2) is 11.5 Å². The van der Waals surface area contributed by atoms with Crippen molar-refractivity contribution < 1.29 is 24.2 Å². The zero-order valence-corrected chi connectivity index (χ0v) is 20.7. The first-order valence-corrected chi connectivity index (χ1v) is 12.1. The number of ether oxygens (including phenoxy) is 2. The summed E-state index contributed by atoms with van der Waals surface area (Å²) in [5.74, 6) is 0.0167. The Morgan fingerprint density at radius 1 is 0.973 bits per heavy atom. The summed E-state index contributed by atoms with van der Waals surface area (Å²) in [5.41, 5.74) is 3.61. The summed E-state index contributed by atoms with van der Waals surface area (Å²) in [5, 5.41) is 11.9. The van der Waals surface area contributed by atoms with Crippen LogP contribution in [0.15, 0.2) is 90.3 Å². The minimum absolute atomic E-state index is 0.0874. The fourth-order valence-corrected chi connectivity index (χ4v) is 4.94. The predicted octanol–water partition coefficient (Wildman–Crippen LogP) is 4.94. The van der Waals surface area contributed by atoms with E-state index in [9.17, 15) is 14.7 Å². The number of aromatic amines is 1. The monoisotopic (exact) mass is 496 g/mol.